The number of halogens is 3. The maximum absolute atomic E-state index is 12.6. The van der Waals surface area contributed by atoms with Crippen molar-refractivity contribution in [2.45, 2.75) is 6.04 Å². The SMILES string of the molecule is Cl.N[C@@H](C(=O)O)c1ccc(F)cc1Br. The summed E-state index contributed by atoms with van der Waals surface area (Å²) in [5, 5.41) is 8.59. The van der Waals surface area contributed by atoms with Gasteiger partial charge in [-0.15, -0.1) is 12.4 Å². The van der Waals surface area contributed by atoms with Crippen molar-refractivity contribution in [3.8, 4) is 0 Å². The molecule has 0 saturated heterocycles. The van der Waals surface area contributed by atoms with E-state index >= 15 is 0 Å². The second-order valence-corrected chi connectivity index (χ2v) is 3.34. The zero-order valence-corrected chi connectivity index (χ0v) is 9.31. The van der Waals surface area contributed by atoms with Crippen molar-refractivity contribution in [2.24, 2.45) is 5.73 Å². The van der Waals surface area contributed by atoms with E-state index in [1.165, 1.54) is 18.2 Å². The van der Waals surface area contributed by atoms with Crippen LogP contribution in [0.25, 0.3) is 0 Å². The number of carboxylic acids is 1. The van der Waals surface area contributed by atoms with Gasteiger partial charge < -0.3 is 10.8 Å². The van der Waals surface area contributed by atoms with Crippen LogP contribution < -0.4 is 5.73 Å². The van der Waals surface area contributed by atoms with Crippen LogP contribution in [0.3, 0.4) is 0 Å². The number of nitrogens with two attached hydrogens (primary N) is 1. The first-order valence-corrected chi connectivity index (χ1v) is 4.25. The van der Waals surface area contributed by atoms with Crippen molar-refractivity contribution < 1.29 is 14.3 Å². The summed E-state index contributed by atoms with van der Waals surface area (Å²) in [6.07, 6.45) is 0. The molecule has 0 spiro atoms. The highest BCUT2D eigenvalue weighted by Gasteiger charge is 2.16. The number of carboxylic acid groups (broad SMARTS) is 1. The van der Waals surface area contributed by atoms with Gasteiger partial charge in [0.1, 0.15) is 11.9 Å². The van der Waals surface area contributed by atoms with E-state index in [0.29, 0.717) is 10.0 Å². The summed E-state index contributed by atoms with van der Waals surface area (Å²) in [6, 6.07) is 2.56. The first kappa shape index (κ1) is 13.4. The zero-order chi connectivity index (χ0) is 10.0. The molecular formula is C8H8BrClFNO2. The van der Waals surface area contributed by atoms with Crippen LogP contribution in [-0.4, -0.2) is 11.1 Å². The summed E-state index contributed by atoms with van der Waals surface area (Å²) in [6.45, 7) is 0. The van der Waals surface area contributed by atoms with Crippen LogP contribution in [0.2, 0.25) is 0 Å². The van der Waals surface area contributed by atoms with Crippen molar-refractivity contribution in [1.82, 2.24) is 0 Å². The van der Waals surface area contributed by atoms with Gasteiger partial charge >= 0.3 is 5.97 Å². The molecule has 0 saturated carbocycles. The first-order valence-electron chi connectivity index (χ1n) is 3.45. The molecule has 1 aromatic carbocycles. The Morgan fingerprint density at radius 2 is 2.14 bits per heavy atom. The van der Waals surface area contributed by atoms with Crippen LogP contribution in [0.1, 0.15) is 11.6 Å². The Morgan fingerprint density at radius 1 is 1.57 bits per heavy atom. The molecule has 0 aliphatic heterocycles. The zero-order valence-electron chi connectivity index (χ0n) is 6.91. The van der Waals surface area contributed by atoms with Crippen LogP contribution in [0, 0.1) is 5.82 Å². The third kappa shape index (κ3) is 2.94. The first-order chi connectivity index (χ1) is 6.02. The highest BCUT2D eigenvalue weighted by molar-refractivity contribution is 9.10. The van der Waals surface area contributed by atoms with Crippen LogP contribution in [0.4, 0.5) is 4.39 Å². The average Bonchev–Trinajstić information content (AvgIpc) is 2.03. The van der Waals surface area contributed by atoms with E-state index in [1.54, 1.807) is 0 Å². The van der Waals surface area contributed by atoms with Gasteiger partial charge in [0.05, 0.1) is 0 Å². The Balaban J connectivity index is 0.00000169. The Bertz CT molecular complexity index is 348. The predicted octanol–water partition coefficient (Wildman–Crippen LogP) is 2.09. The van der Waals surface area contributed by atoms with Gasteiger partial charge in [0, 0.05) is 4.47 Å². The smallest absolute Gasteiger partial charge is 0.325 e. The molecule has 0 aliphatic rings. The Morgan fingerprint density at radius 3 is 2.57 bits per heavy atom. The monoisotopic (exact) mass is 283 g/mol. The Hall–Kier alpha value is -0.650. The lowest BCUT2D eigenvalue weighted by Gasteiger charge is -2.08. The van der Waals surface area contributed by atoms with Gasteiger partial charge in [-0.1, -0.05) is 22.0 Å². The van der Waals surface area contributed by atoms with Crippen LogP contribution >= 0.6 is 28.3 Å². The number of hydrogen-bond donors (Lipinski definition) is 2. The third-order valence-corrected chi connectivity index (χ3v) is 2.25. The van der Waals surface area contributed by atoms with Gasteiger partial charge in [-0.25, -0.2) is 4.39 Å². The molecule has 0 bridgehead atoms. The molecular weight excluding hydrogens is 276 g/mol. The maximum atomic E-state index is 12.6. The number of aliphatic carboxylic acids is 1. The molecule has 6 heteroatoms. The van der Waals surface area contributed by atoms with E-state index in [0.717, 1.165) is 0 Å². The summed E-state index contributed by atoms with van der Waals surface area (Å²) in [7, 11) is 0. The van der Waals surface area contributed by atoms with Crippen molar-refractivity contribution in [2.75, 3.05) is 0 Å². The largest absolute Gasteiger partial charge is 0.480 e. The molecule has 0 radical (unpaired) electrons. The molecule has 0 amide bonds. The van der Waals surface area contributed by atoms with E-state index in [2.05, 4.69) is 15.9 Å². The normalized spacial score (nSPS) is 11.6. The summed E-state index contributed by atoms with van der Waals surface area (Å²) in [5.74, 6) is -1.58. The molecule has 3 N–H and O–H groups in total. The molecule has 78 valence electrons. The summed E-state index contributed by atoms with van der Waals surface area (Å²) >= 11 is 3.03. The van der Waals surface area contributed by atoms with E-state index in [4.69, 9.17) is 10.8 Å². The number of benzene rings is 1. The molecule has 1 aromatic rings. The van der Waals surface area contributed by atoms with Crippen LogP contribution in [0.15, 0.2) is 22.7 Å². The minimum Gasteiger partial charge on any atom is -0.480 e. The van der Waals surface area contributed by atoms with E-state index in [1.807, 2.05) is 0 Å². The molecule has 0 heterocycles. The number of hydrogen-bond acceptors (Lipinski definition) is 2. The van der Waals surface area contributed by atoms with Gasteiger partial charge in [0.25, 0.3) is 0 Å². The van der Waals surface area contributed by atoms with Crippen molar-refractivity contribution in [3.05, 3.63) is 34.1 Å². The highest BCUT2D eigenvalue weighted by Crippen LogP contribution is 2.22. The molecule has 1 atom stereocenters. The minimum absolute atomic E-state index is 0. The maximum Gasteiger partial charge on any atom is 0.325 e. The summed E-state index contributed by atoms with van der Waals surface area (Å²) in [5.41, 5.74) is 5.69. The third-order valence-electron chi connectivity index (χ3n) is 1.56. The molecule has 1 rings (SSSR count). The fraction of sp³-hybridized carbons (Fsp3) is 0.125. The second-order valence-electron chi connectivity index (χ2n) is 2.48. The lowest BCUT2D eigenvalue weighted by molar-refractivity contribution is -0.138. The lowest BCUT2D eigenvalue weighted by atomic mass is 10.1. The average molecular weight is 285 g/mol. The van der Waals surface area contributed by atoms with E-state index in [9.17, 15) is 9.18 Å². The Labute approximate surface area is 94.6 Å². The van der Waals surface area contributed by atoms with Crippen molar-refractivity contribution in [3.63, 3.8) is 0 Å². The molecule has 0 unspecified atom stereocenters. The topological polar surface area (TPSA) is 63.3 Å². The van der Waals surface area contributed by atoms with Gasteiger partial charge in [-0.05, 0) is 17.7 Å². The minimum atomic E-state index is -1.15. The van der Waals surface area contributed by atoms with Gasteiger partial charge in [0.2, 0.25) is 0 Å². The van der Waals surface area contributed by atoms with E-state index in [-0.39, 0.29) is 12.4 Å². The van der Waals surface area contributed by atoms with Crippen LogP contribution in [-0.2, 0) is 4.79 Å². The molecule has 14 heavy (non-hydrogen) atoms. The molecule has 3 nitrogen and oxygen atoms in total. The summed E-state index contributed by atoms with van der Waals surface area (Å²) < 4.78 is 13.0. The van der Waals surface area contributed by atoms with Gasteiger partial charge in [0.15, 0.2) is 0 Å². The highest BCUT2D eigenvalue weighted by atomic mass is 79.9. The summed E-state index contributed by atoms with van der Waals surface area (Å²) in [4.78, 5) is 10.5. The van der Waals surface area contributed by atoms with Gasteiger partial charge in [-0.2, -0.15) is 0 Å². The number of rotatable bonds is 2. The molecule has 0 aromatic heterocycles. The van der Waals surface area contributed by atoms with Crippen LogP contribution in [0.5, 0.6) is 0 Å². The Kier molecular flexibility index (Phi) is 5.04. The van der Waals surface area contributed by atoms with Crippen molar-refractivity contribution >= 4 is 34.3 Å². The van der Waals surface area contributed by atoms with Gasteiger partial charge in [-0.3, -0.25) is 4.79 Å². The molecule has 0 aliphatic carbocycles. The quantitative estimate of drug-likeness (QED) is 0.874. The molecule has 0 fully saturated rings. The standard InChI is InChI=1S/C8H7BrFNO2.ClH/c9-6-3-4(10)1-2-5(6)7(11)8(12)13;/h1-3,7H,11H2,(H,12,13);1H/t7-;/m1./s1. The van der Waals surface area contributed by atoms with Crippen molar-refractivity contribution in [1.29, 1.82) is 0 Å². The fourth-order valence-electron chi connectivity index (χ4n) is 0.887. The lowest BCUT2D eigenvalue weighted by Crippen LogP contribution is -2.21. The predicted molar refractivity (Wildman–Crippen MR) is 55.9 cm³/mol. The fourth-order valence-corrected chi connectivity index (χ4v) is 1.48. The second kappa shape index (κ2) is 5.29. The van der Waals surface area contributed by atoms with E-state index < -0.39 is 17.8 Å². The number of carbonyl (C=O) groups is 1.